The van der Waals surface area contributed by atoms with E-state index in [1.165, 1.54) is 19.8 Å². The molecule has 0 atom stereocenters. The molecule has 1 saturated carbocycles. The third kappa shape index (κ3) is 2.65. The standard InChI is InChI=1S/C13H19NO2/c1-3-8-14(9-11-4-5-11)13-7-6-12(16-13)10(2)15/h6-7,11H,3-5,8-9H2,1-2H3. The number of anilines is 1. The third-order valence-corrected chi connectivity index (χ3v) is 2.92. The quantitative estimate of drug-likeness (QED) is 0.692. The molecule has 1 aliphatic rings. The summed E-state index contributed by atoms with van der Waals surface area (Å²) in [5.41, 5.74) is 0. The van der Waals surface area contributed by atoms with E-state index < -0.39 is 0 Å². The molecular weight excluding hydrogens is 202 g/mol. The molecule has 16 heavy (non-hydrogen) atoms. The van der Waals surface area contributed by atoms with Gasteiger partial charge in [0.15, 0.2) is 17.4 Å². The van der Waals surface area contributed by atoms with E-state index in [1.54, 1.807) is 6.07 Å². The van der Waals surface area contributed by atoms with Gasteiger partial charge in [0.1, 0.15) is 0 Å². The number of rotatable bonds is 6. The zero-order valence-corrected chi connectivity index (χ0v) is 10.0. The minimum Gasteiger partial charge on any atom is -0.437 e. The fourth-order valence-corrected chi connectivity index (χ4v) is 1.86. The molecule has 3 heteroatoms. The average Bonchev–Trinajstić information content (AvgIpc) is 2.92. The Hall–Kier alpha value is -1.25. The summed E-state index contributed by atoms with van der Waals surface area (Å²) in [5, 5.41) is 0. The fourth-order valence-electron chi connectivity index (χ4n) is 1.86. The highest BCUT2D eigenvalue weighted by atomic mass is 16.4. The summed E-state index contributed by atoms with van der Waals surface area (Å²) < 4.78 is 5.56. The molecule has 0 unspecified atom stereocenters. The van der Waals surface area contributed by atoms with E-state index in [1.807, 2.05) is 6.07 Å². The molecular formula is C13H19NO2. The number of hydrogen-bond acceptors (Lipinski definition) is 3. The van der Waals surface area contributed by atoms with Crippen molar-refractivity contribution in [2.75, 3.05) is 18.0 Å². The van der Waals surface area contributed by atoms with Crippen LogP contribution in [0.25, 0.3) is 0 Å². The Morgan fingerprint density at radius 1 is 1.50 bits per heavy atom. The third-order valence-electron chi connectivity index (χ3n) is 2.92. The van der Waals surface area contributed by atoms with Gasteiger partial charge < -0.3 is 9.32 Å². The predicted molar refractivity (Wildman–Crippen MR) is 63.9 cm³/mol. The zero-order chi connectivity index (χ0) is 11.5. The monoisotopic (exact) mass is 221 g/mol. The van der Waals surface area contributed by atoms with Gasteiger partial charge in [-0.3, -0.25) is 4.79 Å². The lowest BCUT2D eigenvalue weighted by Crippen LogP contribution is -2.25. The van der Waals surface area contributed by atoms with Crippen molar-refractivity contribution in [1.29, 1.82) is 0 Å². The van der Waals surface area contributed by atoms with E-state index in [9.17, 15) is 4.79 Å². The second-order valence-electron chi connectivity index (χ2n) is 4.58. The van der Waals surface area contributed by atoms with E-state index in [0.717, 1.165) is 31.3 Å². The van der Waals surface area contributed by atoms with Crippen molar-refractivity contribution in [2.24, 2.45) is 5.92 Å². The Morgan fingerprint density at radius 3 is 2.75 bits per heavy atom. The van der Waals surface area contributed by atoms with Crippen LogP contribution >= 0.6 is 0 Å². The van der Waals surface area contributed by atoms with Gasteiger partial charge in [0, 0.05) is 26.1 Å². The Balaban J connectivity index is 2.06. The zero-order valence-electron chi connectivity index (χ0n) is 10.0. The first-order chi connectivity index (χ1) is 7.70. The second kappa shape index (κ2) is 4.73. The summed E-state index contributed by atoms with van der Waals surface area (Å²) in [7, 11) is 0. The van der Waals surface area contributed by atoms with Crippen LogP contribution in [0.3, 0.4) is 0 Å². The van der Waals surface area contributed by atoms with Gasteiger partial charge >= 0.3 is 0 Å². The van der Waals surface area contributed by atoms with Crippen molar-refractivity contribution in [3.63, 3.8) is 0 Å². The summed E-state index contributed by atoms with van der Waals surface area (Å²) in [6.45, 7) is 5.77. The van der Waals surface area contributed by atoms with Crippen molar-refractivity contribution >= 4 is 11.7 Å². The molecule has 2 rings (SSSR count). The minimum atomic E-state index is -0.00544. The van der Waals surface area contributed by atoms with Crippen LogP contribution in [0.2, 0.25) is 0 Å². The SMILES string of the molecule is CCCN(CC1CC1)c1ccc(C(C)=O)o1. The normalized spacial score (nSPS) is 15.1. The van der Waals surface area contributed by atoms with Crippen LogP contribution in [-0.4, -0.2) is 18.9 Å². The molecule has 88 valence electrons. The average molecular weight is 221 g/mol. The van der Waals surface area contributed by atoms with Crippen LogP contribution in [0.5, 0.6) is 0 Å². The molecule has 0 radical (unpaired) electrons. The Kier molecular flexibility index (Phi) is 3.32. The van der Waals surface area contributed by atoms with Crippen LogP contribution < -0.4 is 4.90 Å². The van der Waals surface area contributed by atoms with Gasteiger partial charge in [0.25, 0.3) is 0 Å². The summed E-state index contributed by atoms with van der Waals surface area (Å²) in [4.78, 5) is 13.4. The van der Waals surface area contributed by atoms with Crippen molar-refractivity contribution in [1.82, 2.24) is 0 Å². The molecule has 0 aromatic carbocycles. The van der Waals surface area contributed by atoms with E-state index in [0.29, 0.717) is 5.76 Å². The fraction of sp³-hybridized carbons (Fsp3) is 0.615. The largest absolute Gasteiger partial charge is 0.437 e. The molecule has 0 N–H and O–H groups in total. The van der Waals surface area contributed by atoms with Crippen LogP contribution in [-0.2, 0) is 0 Å². The first kappa shape index (κ1) is 11.2. The molecule has 3 nitrogen and oxygen atoms in total. The molecule has 0 spiro atoms. The first-order valence-electron chi connectivity index (χ1n) is 6.06. The number of carbonyl (C=O) groups excluding carboxylic acids is 1. The van der Waals surface area contributed by atoms with Crippen LogP contribution in [0, 0.1) is 5.92 Å². The van der Waals surface area contributed by atoms with Crippen molar-refractivity contribution in [3.8, 4) is 0 Å². The summed E-state index contributed by atoms with van der Waals surface area (Å²) in [6.07, 6.45) is 3.77. The van der Waals surface area contributed by atoms with Gasteiger partial charge in [0.2, 0.25) is 0 Å². The van der Waals surface area contributed by atoms with Gasteiger partial charge in [-0.05, 0) is 31.2 Å². The molecule has 1 aliphatic carbocycles. The van der Waals surface area contributed by atoms with Crippen molar-refractivity contribution in [3.05, 3.63) is 17.9 Å². The maximum absolute atomic E-state index is 11.2. The maximum atomic E-state index is 11.2. The number of carbonyl (C=O) groups is 1. The van der Waals surface area contributed by atoms with Crippen LogP contribution in [0.15, 0.2) is 16.5 Å². The number of furan rings is 1. The highest BCUT2D eigenvalue weighted by Gasteiger charge is 2.25. The van der Waals surface area contributed by atoms with E-state index in [-0.39, 0.29) is 5.78 Å². The Morgan fingerprint density at radius 2 is 2.25 bits per heavy atom. The topological polar surface area (TPSA) is 33.5 Å². The van der Waals surface area contributed by atoms with Gasteiger partial charge in [-0.15, -0.1) is 0 Å². The number of Topliss-reactive ketones (excluding diaryl/α,β-unsaturated/α-hetero) is 1. The number of hydrogen-bond donors (Lipinski definition) is 0. The van der Waals surface area contributed by atoms with Gasteiger partial charge in [0.05, 0.1) is 0 Å². The lowest BCUT2D eigenvalue weighted by Gasteiger charge is -2.20. The maximum Gasteiger partial charge on any atom is 0.196 e. The Labute approximate surface area is 96.4 Å². The highest BCUT2D eigenvalue weighted by Crippen LogP contribution is 2.32. The summed E-state index contributed by atoms with van der Waals surface area (Å²) >= 11 is 0. The molecule has 1 aromatic rings. The van der Waals surface area contributed by atoms with Gasteiger partial charge in [-0.2, -0.15) is 0 Å². The molecule has 1 aromatic heterocycles. The molecule has 1 fully saturated rings. The van der Waals surface area contributed by atoms with Crippen molar-refractivity contribution in [2.45, 2.75) is 33.1 Å². The minimum absolute atomic E-state index is 0.00544. The van der Waals surface area contributed by atoms with Gasteiger partial charge in [-0.1, -0.05) is 6.92 Å². The molecule has 0 bridgehead atoms. The van der Waals surface area contributed by atoms with Crippen molar-refractivity contribution < 1.29 is 9.21 Å². The van der Waals surface area contributed by atoms with Gasteiger partial charge in [-0.25, -0.2) is 0 Å². The molecule has 0 aliphatic heterocycles. The second-order valence-corrected chi connectivity index (χ2v) is 4.58. The van der Waals surface area contributed by atoms with E-state index in [4.69, 9.17) is 4.42 Å². The van der Waals surface area contributed by atoms with E-state index in [2.05, 4.69) is 11.8 Å². The lowest BCUT2D eigenvalue weighted by molar-refractivity contribution is 0.0987. The lowest BCUT2D eigenvalue weighted by atomic mass is 10.3. The summed E-state index contributed by atoms with van der Waals surface area (Å²) in [5.74, 6) is 2.14. The smallest absolute Gasteiger partial charge is 0.196 e. The number of nitrogens with zero attached hydrogens (tertiary/aromatic N) is 1. The Bertz CT molecular complexity index is 366. The number of ketones is 1. The van der Waals surface area contributed by atoms with E-state index >= 15 is 0 Å². The molecule has 0 saturated heterocycles. The first-order valence-corrected chi connectivity index (χ1v) is 6.06. The molecule has 1 heterocycles. The van der Waals surface area contributed by atoms with Crippen LogP contribution in [0.4, 0.5) is 5.88 Å². The highest BCUT2D eigenvalue weighted by molar-refractivity contribution is 5.91. The molecule has 0 amide bonds. The predicted octanol–water partition coefficient (Wildman–Crippen LogP) is 3.11. The summed E-state index contributed by atoms with van der Waals surface area (Å²) in [6, 6.07) is 3.68. The van der Waals surface area contributed by atoms with Crippen LogP contribution in [0.1, 0.15) is 43.7 Å².